The molecule has 0 amide bonds. The van der Waals surface area contributed by atoms with Crippen LogP contribution in [0.15, 0.2) is 12.1 Å². The maximum atomic E-state index is 13.0. The molecule has 0 spiro atoms. The summed E-state index contributed by atoms with van der Waals surface area (Å²) >= 11 is 0. The van der Waals surface area contributed by atoms with E-state index >= 15 is 0 Å². The zero-order chi connectivity index (χ0) is 25.8. The lowest BCUT2D eigenvalue weighted by Gasteiger charge is -2.37. The van der Waals surface area contributed by atoms with Gasteiger partial charge in [-0.05, 0) is 74.8 Å². The fourth-order valence-electron chi connectivity index (χ4n) is 6.16. The van der Waals surface area contributed by atoms with Crippen LogP contribution < -0.4 is 9.47 Å². The van der Waals surface area contributed by atoms with Crippen LogP contribution >= 0.6 is 0 Å². The zero-order valence-electron chi connectivity index (χ0n) is 22.4. The minimum Gasteiger partial charge on any atom is -0.494 e. The number of carbonyl (C=O) groups excluding carboxylic acids is 1. The van der Waals surface area contributed by atoms with Crippen molar-refractivity contribution in [3.05, 3.63) is 29.1 Å². The van der Waals surface area contributed by atoms with E-state index in [1.54, 1.807) is 12.1 Å². The van der Waals surface area contributed by atoms with E-state index in [0.717, 1.165) is 62.7 Å². The van der Waals surface area contributed by atoms with E-state index in [2.05, 4.69) is 24.8 Å². The topological polar surface area (TPSA) is 63.7 Å². The molecule has 0 N–H and O–H groups in total. The van der Waals surface area contributed by atoms with E-state index < -0.39 is 0 Å². The first-order valence-electron chi connectivity index (χ1n) is 14.4. The molecule has 0 saturated heterocycles. The molecule has 36 heavy (non-hydrogen) atoms. The summed E-state index contributed by atoms with van der Waals surface area (Å²) < 4.78 is 11.4. The van der Waals surface area contributed by atoms with Gasteiger partial charge in [-0.1, -0.05) is 65.2 Å². The molecule has 0 atom stereocenters. The Morgan fingerprint density at radius 1 is 0.944 bits per heavy atom. The Morgan fingerprint density at radius 2 is 1.56 bits per heavy atom. The number of unbranched alkanes of at least 4 members (excludes halogenated alkanes) is 4. The van der Waals surface area contributed by atoms with E-state index in [0.29, 0.717) is 12.4 Å². The summed E-state index contributed by atoms with van der Waals surface area (Å²) in [6.45, 7) is 12.5. The lowest BCUT2D eigenvalue weighted by atomic mass is 9.68. The Kier molecular flexibility index (Phi) is 11.6. The number of ether oxygens (including phenoxy) is 2. The number of hydrogen-bond acceptors (Lipinski definition) is 4. The van der Waals surface area contributed by atoms with Gasteiger partial charge < -0.3 is 9.47 Å². The SMILES string of the molecule is [C-]#[N+]c1c(OC(=O)C2CCC(C3CCC(CCCCC)CC3)CC2)ccc(OCCCCC)c1C#N. The molecule has 3 rings (SSSR count). The molecule has 5 heteroatoms. The lowest BCUT2D eigenvalue weighted by molar-refractivity contribution is -0.140. The van der Waals surface area contributed by atoms with Crippen molar-refractivity contribution >= 4 is 11.7 Å². The van der Waals surface area contributed by atoms with Crippen LogP contribution in [-0.4, -0.2) is 12.6 Å². The normalized spacial score (nSPS) is 23.9. The maximum absolute atomic E-state index is 13.0. The predicted molar refractivity (Wildman–Crippen MR) is 143 cm³/mol. The van der Waals surface area contributed by atoms with Gasteiger partial charge >= 0.3 is 5.97 Å². The highest BCUT2D eigenvalue weighted by Gasteiger charge is 2.34. The zero-order valence-corrected chi connectivity index (χ0v) is 22.4. The van der Waals surface area contributed by atoms with Crippen molar-refractivity contribution in [3.63, 3.8) is 0 Å². The molecule has 0 aliphatic heterocycles. The van der Waals surface area contributed by atoms with Crippen molar-refractivity contribution in [1.82, 2.24) is 0 Å². The summed E-state index contributed by atoms with van der Waals surface area (Å²) in [5, 5.41) is 9.65. The van der Waals surface area contributed by atoms with E-state index in [1.165, 1.54) is 51.4 Å². The van der Waals surface area contributed by atoms with Gasteiger partial charge in [-0.15, -0.1) is 0 Å². The number of nitriles is 1. The molecule has 0 unspecified atom stereocenters. The fraction of sp³-hybridized carbons (Fsp3) is 0.710. The third-order valence-corrected chi connectivity index (χ3v) is 8.42. The monoisotopic (exact) mass is 492 g/mol. The second kappa shape index (κ2) is 14.9. The average molecular weight is 493 g/mol. The van der Waals surface area contributed by atoms with Crippen LogP contribution in [0.5, 0.6) is 11.5 Å². The number of rotatable bonds is 12. The molecule has 2 saturated carbocycles. The van der Waals surface area contributed by atoms with Gasteiger partial charge in [0.15, 0.2) is 0 Å². The van der Waals surface area contributed by atoms with E-state index in [9.17, 15) is 10.1 Å². The standard InChI is InChI=1S/C31H44N2O3/c1-4-6-8-10-23-11-13-24(14-12-23)25-15-17-26(18-16-25)31(34)36-29-20-19-28(35-21-9-7-5-2)27(22-32)30(29)33-3/h19-20,23-26H,4-18,21H2,1-2H3. The summed E-state index contributed by atoms with van der Waals surface area (Å²) in [6, 6.07) is 5.33. The van der Waals surface area contributed by atoms with E-state index in [1.807, 2.05) is 0 Å². The molecule has 0 radical (unpaired) electrons. The Bertz CT molecular complexity index is 913. The third-order valence-electron chi connectivity index (χ3n) is 8.42. The van der Waals surface area contributed by atoms with Crippen molar-refractivity contribution in [2.24, 2.45) is 23.7 Å². The Balaban J connectivity index is 1.50. The lowest BCUT2D eigenvalue weighted by Crippen LogP contribution is -2.30. The summed E-state index contributed by atoms with van der Waals surface area (Å²) in [5.74, 6) is 2.66. The van der Waals surface area contributed by atoms with Crippen LogP contribution in [0.1, 0.15) is 116 Å². The van der Waals surface area contributed by atoms with Crippen molar-refractivity contribution in [3.8, 4) is 17.6 Å². The summed E-state index contributed by atoms with van der Waals surface area (Å²) in [4.78, 5) is 16.5. The van der Waals surface area contributed by atoms with Crippen LogP contribution in [-0.2, 0) is 4.79 Å². The molecule has 2 aliphatic carbocycles. The summed E-state index contributed by atoms with van der Waals surface area (Å²) in [6.07, 6.45) is 17.9. The Morgan fingerprint density at radius 3 is 2.17 bits per heavy atom. The highest BCUT2D eigenvalue weighted by atomic mass is 16.5. The molecule has 0 aromatic heterocycles. The minimum atomic E-state index is -0.265. The Labute approximate surface area is 218 Å². The predicted octanol–water partition coefficient (Wildman–Crippen LogP) is 8.78. The molecular formula is C31H44N2O3. The average Bonchev–Trinajstić information content (AvgIpc) is 2.92. The van der Waals surface area contributed by atoms with Gasteiger partial charge in [0.2, 0.25) is 5.69 Å². The van der Waals surface area contributed by atoms with E-state index in [-0.39, 0.29) is 28.9 Å². The third kappa shape index (κ3) is 7.73. The molecule has 2 aliphatic rings. The molecule has 0 heterocycles. The smallest absolute Gasteiger partial charge is 0.313 e. The molecule has 5 nitrogen and oxygen atoms in total. The highest BCUT2D eigenvalue weighted by molar-refractivity contribution is 5.80. The van der Waals surface area contributed by atoms with Crippen molar-refractivity contribution < 1.29 is 14.3 Å². The molecule has 1 aromatic rings. The number of hydrogen-bond donors (Lipinski definition) is 0. The summed E-state index contributed by atoms with van der Waals surface area (Å²) in [5.41, 5.74) is 0.226. The van der Waals surface area contributed by atoms with Crippen molar-refractivity contribution in [2.45, 2.75) is 110 Å². The van der Waals surface area contributed by atoms with Gasteiger partial charge in [0.1, 0.15) is 17.1 Å². The Hall–Kier alpha value is -2.53. The molecule has 196 valence electrons. The van der Waals surface area contributed by atoms with Crippen molar-refractivity contribution in [2.75, 3.05) is 6.61 Å². The van der Waals surface area contributed by atoms with Crippen LogP contribution in [0.4, 0.5) is 5.69 Å². The second-order valence-electron chi connectivity index (χ2n) is 10.9. The van der Waals surface area contributed by atoms with Crippen LogP contribution in [0, 0.1) is 41.6 Å². The van der Waals surface area contributed by atoms with Gasteiger partial charge in [-0.2, -0.15) is 5.26 Å². The number of nitrogens with zero attached hydrogens (tertiary/aromatic N) is 2. The highest BCUT2D eigenvalue weighted by Crippen LogP contribution is 2.43. The van der Waals surface area contributed by atoms with E-state index in [4.69, 9.17) is 16.0 Å². The largest absolute Gasteiger partial charge is 0.494 e. The fourth-order valence-corrected chi connectivity index (χ4v) is 6.16. The maximum Gasteiger partial charge on any atom is 0.313 e. The van der Waals surface area contributed by atoms with Gasteiger partial charge in [0.25, 0.3) is 0 Å². The summed E-state index contributed by atoms with van der Waals surface area (Å²) in [7, 11) is 0. The first-order valence-corrected chi connectivity index (χ1v) is 14.4. The minimum absolute atomic E-state index is 0.0724. The van der Waals surface area contributed by atoms with Gasteiger partial charge in [-0.25, -0.2) is 4.85 Å². The van der Waals surface area contributed by atoms with Crippen LogP contribution in [0.3, 0.4) is 0 Å². The van der Waals surface area contributed by atoms with Gasteiger partial charge in [0, 0.05) is 0 Å². The first kappa shape index (κ1) is 28.0. The van der Waals surface area contributed by atoms with Gasteiger partial charge in [0.05, 0.1) is 25.2 Å². The quantitative estimate of drug-likeness (QED) is 0.127. The number of benzene rings is 1. The molecule has 1 aromatic carbocycles. The second-order valence-corrected chi connectivity index (χ2v) is 10.9. The molecular weight excluding hydrogens is 448 g/mol. The van der Waals surface area contributed by atoms with Crippen LogP contribution in [0.2, 0.25) is 0 Å². The van der Waals surface area contributed by atoms with Crippen LogP contribution in [0.25, 0.3) is 4.85 Å². The van der Waals surface area contributed by atoms with Crippen molar-refractivity contribution in [1.29, 1.82) is 5.26 Å². The molecule has 2 fully saturated rings. The first-order chi connectivity index (χ1) is 17.6. The van der Waals surface area contributed by atoms with Gasteiger partial charge in [-0.3, -0.25) is 4.79 Å². The molecule has 0 bridgehead atoms. The number of carbonyl (C=O) groups is 1. The number of esters is 1.